The van der Waals surface area contributed by atoms with Crippen LogP contribution >= 0.6 is 0 Å². The summed E-state index contributed by atoms with van der Waals surface area (Å²) in [7, 11) is 0. The monoisotopic (exact) mass is 379 g/mol. The Balaban J connectivity index is 1.71. The Labute approximate surface area is 163 Å². The van der Waals surface area contributed by atoms with Gasteiger partial charge in [0.05, 0.1) is 28.9 Å². The highest BCUT2D eigenvalue weighted by atomic mass is 19.1. The summed E-state index contributed by atoms with van der Waals surface area (Å²) in [4.78, 5) is 1.73. The van der Waals surface area contributed by atoms with Crippen LogP contribution in [0.2, 0.25) is 0 Å². The van der Waals surface area contributed by atoms with Crippen molar-refractivity contribution in [2.24, 2.45) is 0 Å². The highest BCUT2D eigenvalue weighted by molar-refractivity contribution is 5.89. The fourth-order valence-corrected chi connectivity index (χ4v) is 4.44. The lowest BCUT2D eigenvalue weighted by Gasteiger charge is -2.35. The maximum Gasteiger partial charge on any atom is 0.112 e. The van der Waals surface area contributed by atoms with Crippen LogP contribution in [0.4, 0.5) is 8.78 Å². The summed E-state index contributed by atoms with van der Waals surface area (Å²) in [6.45, 7) is -1.52. The molecule has 28 heavy (non-hydrogen) atoms. The first-order chi connectivity index (χ1) is 13.8. The van der Waals surface area contributed by atoms with Crippen molar-refractivity contribution in [2.75, 3.05) is 13.3 Å². The maximum absolute atomic E-state index is 13.5. The number of hydrogen-bond donors (Lipinski definition) is 0. The van der Waals surface area contributed by atoms with E-state index in [0.717, 1.165) is 29.4 Å². The number of benzene rings is 1. The predicted molar refractivity (Wildman–Crippen MR) is 105 cm³/mol. The van der Waals surface area contributed by atoms with E-state index in [-0.39, 0.29) is 6.04 Å². The first-order valence-corrected chi connectivity index (χ1v) is 10.1. The van der Waals surface area contributed by atoms with E-state index in [0.29, 0.717) is 17.5 Å². The summed E-state index contributed by atoms with van der Waals surface area (Å²) in [5.41, 5.74) is 3.94. The Hall–Kier alpha value is -2.61. The molecule has 2 fully saturated rings. The largest absolute Gasteiger partial charge is 0.357 e. The van der Waals surface area contributed by atoms with Crippen molar-refractivity contribution in [1.29, 1.82) is 5.26 Å². The van der Waals surface area contributed by atoms with Crippen LogP contribution in [0.25, 0.3) is 10.9 Å². The van der Waals surface area contributed by atoms with Gasteiger partial charge in [-0.2, -0.15) is 5.26 Å². The molecule has 2 heterocycles. The Morgan fingerprint density at radius 2 is 1.89 bits per heavy atom. The van der Waals surface area contributed by atoms with Gasteiger partial charge >= 0.3 is 0 Å². The molecule has 0 amide bonds. The number of rotatable bonds is 6. The molecule has 0 radical (unpaired) electrons. The van der Waals surface area contributed by atoms with E-state index in [1.807, 2.05) is 12.2 Å². The number of fused-ring (bicyclic) bond motifs is 1. The van der Waals surface area contributed by atoms with E-state index in [9.17, 15) is 14.0 Å². The van der Waals surface area contributed by atoms with Crippen LogP contribution in [0.5, 0.6) is 0 Å². The molecule has 3 aliphatic rings. The second-order valence-corrected chi connectivity index (χ2v) is 8.10. The number of hydrogen-bond acceptors (Lipinski definition) is 2. The summed E-state index contributed by atoms with van der Waals surface area (Å²) in [5, 5.41) is 11.0. The van der Waals surface area contributed by atoms with Crippen LogP contribution in [-0.4, -0.2) is 28.9 Å². The minimum atomic E-state index is -0.842. The van der Waals surface area contributed by atoms with Crippen LogP contribution in [0, 0.1) is 11.3 Å². The minimum absolute atomic E-state index is 0.339. The molecule has 0 saturated heterocycles. The van der Waals surface area contributed by atoms with Gasteiger partial charge in [-0.3, -0.25) is 0 Å². The van der Waals surface area contributed by atoms with Gasteiger partial charge in [0, 0.05) is 17.6 Å². The lowest BCUT2D eigenvalue weighted by molar-refractivity contribution is 0.159. The average molecular weight is 379 g/mol. The van der Waals surface area contributed by atoms with E-state index < -0.39 is 19.4 Å². The molecule has 3 nitrogen and oxygen atoms in total. The van der Waals surface area contributed by atoms with Crippen LogP contribution in [-0.2, 0) is 0 Å². The fourth-order valence-electron chi connectivity index (χ4n) is 4.44. The molecule has 1 aliphatic heterocycles. The Bertz CT molecular complexity index is 1000. The average Bonchev–Trinajstić information content (AvgIpc) is 3.65. The quantitative estimate of drug-likeness (QED) is 0.667. The van der Waals surface area contributed by atoms with E-state index in [1.165, 1.54) is 18.4 Å². The number of nitrogens with zero attached hydrogens (tertiary/aromatic N) is 3. The van der Waals surface area contributed by atoms with Crippen molar-refractivity contribution in [1.82, 2.24) is 9.47 Å². The lowest BCUT2D eigenvalue weighted by atomic mass is 10.0. The van der Waals surface area contributed by atoms with Crippen molar-refractivity contribution >= 4 is 10.9 Å². The van der Waals surface area contributed by atoms with Gasteiger partial charge < -0.3 is 9.47 Å². The van der Waals surface area contributed by atoms with Crippen molar-refractivity contribution in [3.63, 3.8) is 0 Å². The second-order valence-electron chi connectivity index (χ2n) is 8.10. The molecular weight excluding hydrogens is 356 g/mol. The SMILES string of the molecule is N#Cc1c(C2C=CC=CN2C(CF)CF)n(C2CC2)c2cc(C3CC3)ccc12. The van der Waals surface area contributed by atoms with Gasteiger partial charge in [-0.1, -0.05) is 24.3 Å². The molecule has 1 atom stereocenters. The van der Waals surface area contributed by atoms with E-state index in [1.54, 1.807) is 17.2 Å². The third kappa shape index (κ3) is 2.74. The molecule has 2 aliphatic carbocycles. The third-order valence-electron chi connectivity index (χ3n) is 6.18. The Kier molecular flexibility index (Phi) is 4.23. The zero-order valence-corrected chi connectivity index (χ0v) is 15.7. The number of aromatic nitrogens is 1. The van der Waals surface area contributed by atoms with Gasteiger partial charge in [0.25, 0.3) is 0 Å². The molecule has 0 bridgehead atoms. The molecule has 0 N–H and O–H groups in total. The van der Waals surface area contributed by atoms with Gasteiger partial charge in [0.1, 0.15) is 19.4 Å². The molecule has 1 aromatic carbocycles. The number of alkyl halides is 2. The van der Waals surface area contributed by atoms with Gasteiger partial charge in [0.2, 0.25) is 0 Å². The van der Waals surface area contributed by atoms with Crippen LogP contribution in [0.1, 0.15) is 60.5 Å². The highest BCUT2D eigenvalue weighted by Gasteiger charge is 2.36. The molecule has 1 aromatic heterocycles. The summed E-state index contributed by atoms with van der Waals surface area (Å²) in [5.74, 6) is 0.636. The van der Waals surface area contributed by atoms with E-state index >= 15 is 0 Å². The molecule has 2 aromatic rings. The second kappa shape index (κ2) is 6.77. The first-order valence-electron chi connectivity index (χ1n) is 10.1. The van der Waals surface area contributed by atoms with Crippen molar-refractivity contribution < 1.29 is 8.78 Å². The molecule has 5 heteroatoms. The molecular formula is C23H23F2N3. The first kappa shape index (κ1) is 17.5. The summed E-state index contributed by atoms with van der Waals surface area (Å²) in [6.07, 6.45) is 12.0. The zero-order valence-electron chi connectivity index (χ0n) is 15.7. The summed E-state index contributed by atoms with van der Waals surface area (Å²) < 4.78 is 29.3. The van der Waals surface area contributed by atoms with E-state index in [2.05, 4.69) is 28.8 Å². The molecule has 5 rings (SSSR count). The lowest BCUT2D eigenvalue weighted by Crippen LogP contribution is -2.38. The topological polar surface area (TPSA) is 32.0 Å². The van der Waals surface area contributed by atoms with Gasteiger partial charge in [-0.05, 0) is 49.3 Å². The number of allylic oxidation sites excluding steroid dienone is 2. The molecule has 0 spiro atoms. The predicted octanol–water partition coefficient (Wildman–Crippen LogP) is 5.46. The van der Waals surface area contributed by atoms with Crippen molar-refractivity contribution in [2.45, 2.75) is 49.7 Å². The zero-order chi connectivity index (χ0) is 19.3. The van der Waals surface area contributed by atoms with Crippen LogP contribution in [0.3, 0.4) is 0 Å². The van der Waals surface area contributed by atoms with Crippen molar-refractivity contribution in [3.05, 3.63) is 59.4 Å². The van der Waals surface area contributed by atoms with Gasteiger partial charge in [0.15, 0.2) is 0 Å². The Morgan fingerprint density at radius 3 is 2.54 bits per heavy atom. The highest BCUT2D eigenvalue weighted by Crippen LogP contribution is 2.47. The summed E-state index contributed by atoms with van der Waals surface area (Å²) >= 11 is 0. The summed E-state index contributed by atoms with van der Waals surface area (Å²) in [6, 6.07) is 8.04. The Morgan fingerprint density at radius 1 is 1.11 bits per heavy atom. The van der Waals surface area contributed by atoms with Crippen LogP contribution in [0.15, 0.2) is 42.6 Å². The minimum Gasteiger partial charge on any atom is -0.357 e. The fraction of sp³-hybridized carbons (Fsp3) is 0.435. The molecule has 1 unspecified atom stereocenters. The number of halogens is 2. The normalized spacial score (nSPS) is 21.6. The van der Waals surface area contributed by atoms with E-state index in [4.69, 9.17) is 0 Å². The van der Waals surface area contributed by atoms with Gasteiger partial charge in [-0.25, -0.2) is 8.78 Å². The maximum atomic E-state index is 13.5. The standard InChI is InChI=1S/C23H23F2N3/c24-12-18(13-25)27-10-2-1-3-21(27)23-20(14-26)19-9-6-16(15-4-5-15)11-22(19)28(23)17-7-8-17/h1-3,6,9-11,15,17-18,21H,4-5,7-8,12-13H2. The van der Waals surface area contributed by atoms with Crippen LogP contribution < -0.4 is 0 Å². The molecule has 2 saturated carbocycles. The third-order valence-corrected chi connectivity index (χ3v) is 6.18. The number of nitriles is 1. The smallest absolute Gasteiger partial charge is 0.112 e. The van der Waals surface area contributed by atoms with Crippen molar-refractivity contribution in [3.8, 4) is 6.07 Å². The molecule has 144 valence electrons. The van der Waals surface area contributed by atoms with Gasteiger partial charge in [-0.15, -0.1) is 0 Å².